The van der Waals surface area contributed by atoms with E-state index in [0.29, 0.717) is 39.0 Å². The zero-order valence-electron chi connectivity index (χ0n) is 20.3. The van der Waals surface area contributed by atoms with Crippen LogP contribution in [0.3, 0.4) is 0 Å². The van der Waals surface area contributed by atoms with Gasteiger partial charge in [-0.15, -0.1) is 12.4 Å². The first-order valence-electron chi connectivity index (χ1n) is 11.8. The molecule has 2 saturated heterocycles. The van der Waals surface area contributed by atoms with Gasteiger partial charge in [0.15, 0.2) is 0 Å². The Morgan fingerprint density at radius 3 is 2.61 bits per heavy atom. The molecule has 2 aromatic carbocycles. The zero-order chi connectivity index (χ0) is 25.2. The molecule has 10 heteroatoms. The molecule has 6 nitrogen and oxygen atoms in total. The van der Waals surface area contributed by atoms with Crippen molar-refractivity contribution in [1.29, 1.82) is 0 Å². The number of hydrogen-bond acceptors (Lipinski definition) is 5. The van der Waals surface area contributed by atoms with E-state index in [1.165, 1.54) is 12.1 Å². The molecule has 3 unspecified atom stereocenters. The van der Waals surface area contributed by atoms with E-state index in [0.717, 1.165) is 23.4 Å². The first-order valence-corrected chi connectivity index (χ1v) is 11.8. The third-order valence-corrected chi connectivity index (χ3v) is 7.24. The van der Waals surface area contributed by atoms with Gasteiger partial charge in [-0.2, -0.15) is 13.2 Å². The molecular weight excluding hydrogens is 497 g/mol. The normalized spacial score (nSPS) is 25.6. The molecular formula is C26H32ClF3N2O4. The molecule has 0 bridgehead atoms. The number of primary amides is 1. The molecule has 0 saturated carbocycles. The topological polar surface area (TPSA) is 74.0 Å². The number of carbonyl (C=O) groups is 1. The number of alkyl halides is 3. The van der Waals surface area contributed by atoms with Gasteiger partial charge in [-0.05, 0) is 48.7 Å². The predicted molar refractivity (Wildman–Crippen MR) is 132 cm³/mol. The van der Waals surface area contributed by atoms with Crippen molar-refractivity contribution in [2.45, 2.75) is 56.0 Å². The summed E-state index contributed by atoms with van der Waals surface area (Å²) in [6, 6.07) is 12.6. The Morgan fingerprint density at radius 2 is 1.92 bits per heavy atom. The van der Waals surface area contributed by atoms with E-state index in [9.17, 15) is 18.0 Å². The van der Waals surface area contributed by atoms with Gasteiger partial charge in [0, 0.05) is 32.0 Å². The Kier molecular flexibility index (Phi) is 8.80. The molecule has 0 aromatic heterocycles. The van der Waals surface area contributed by atoms with E-state index >= 15 is 0 Å². The summed E-state index contributed by atoms with van der Waals surface area (Å²) in [6.45, 7) is 3.41. The van der Waals surface area contributed by atoms with Crippen LogP contribution in [0.1, 0.15) is 43.2 Å². The number of ether oxygens (including phenoxy) is 3. The number of halogens is 4. The monoisotopic (exact) mass is 528 g/mol. The van der Waals surface area contributed by atoms with Gasteiger partial charge in [-0.3, -0.25) is 9.69 Å². The molecule has 2 fully saturated rings. The molecule has 4 atom stereocenters. The molecule has 0 radical (unpaired) electrons. The zero-order valence-corrected chi connectivity index (χ0v) is 21.1. The average Bonchev–Trinajstić information content (AvgIpc) is 3.32. The van der Waals surface area contributed by atoms with Crippen molar-refractivity contribution in [3.8, 4) is 11.5 Å². The Hall–Kier alpha value is -2.49. The highest BCUT2D eigenvalue weighted by molar-refractivity contribution is 5.85. The van der Waals surface area contributed by atoms with Gasteiger partial charge in [0.2, 0.25) is 5.91 Å². The molecule has 0 spiro atoms. The van der Waals surface area contributed by atoms with E-state index in [-0.39, 0.29) is 36.3 Å². The second-order valence-corrected chi connectivity index (χ2v) is 9.32. The second kappa shape index (κ2) is 11.3. The smallest absolute Gasteiger partial charge is 0.416 e. The summed E-state index contributed by atoms with van der Waals surface area (Å²) in [5.41, 5.74) is 5.36. The quantitative estimate of drug-likeness (QED) is 0.559. The van der Waals surface area contributed by atoms with Crippen LogP contribution in [-0.4, -0.2) is 55.4 Å². The summed E-state index contributed by atoms with van der Waals surface area (Å²) in [6.07, 6.45) is -3.54. The van der Waals surface area contributed by atoms with Gasteiger partial charge >= 0.3 is 6.18 Å². The fraction of sp³-hybridized carbons (Fsp3) is 0.500. The molecule has 1 amide bonds. The summed E-state index contributed by atoms with van der Waals surface area (Å²) in [7, 11) is 1.62. The number of benzene rings is 2. The number of methoxy groups -OCH3 is 1. The fourth-order valence-electron chi connectivity index (χ4n) is 5.15. The summed E-state index contributed by atoms with van der Waals surface area (Å²) < 4.78 is 56.5. The van der Waals surface area contributed by atoms with Crippen molar-refractivity contribution >= 4 is 18.3 Å². The number of carbonyl (C=O) groups excluding carboxylic acids is 1. The van der Waals surface area contributed by atoms with Crippen LogP contribution in [0.5, 0.6) is 11.5 Å². The van der Waals surface area contributed by atoms with Gasteiger partial charge in [-0.1, -0.05) is 25.1 Å². The maximum Gasteiger partial charge on any atom is 0.416 e. The van der Waals surface area contributed by atoms with Crippen LogP contribution in [-0.2, 0) is 15.7 Å². The number of likely N-dealkylation sites (tertiary alicyclic amines) is 1. The van der Waals surface area contributed by atoms with Crippen molar-refractivity contribution in [2.75, 3.05) is 26.8 Å². The van der Waals surface area contributed by atoms with Crippen molar-refractivity contribution in [1.82, 2.24) is 4.90 Å². The average molecular weight is 529 g/mol. The number of nitrogens with zero attached hydrogens (tertiary/aromatic N) is 1. The summed E-state index contributed by atoms with van der Waals surface area (Å²) >= 11 is 0. The van der Waals surface area contributed by atoms with E-state index in [2.05, 4.69) is 6.92 Å². The Bertz CT molecular complexity index is 1050. The Morgan fingerprint density at radius 1 is 1.19 bits per heavy atom. The third kappa shape index (κ3) is 5.90. The molecule has 2 aliphatic heterocycles. The summed E-state index contributed by atoms with van der Waals surface area (Å²) in [4.78, 5) is 14.9. The lowest BCUT2D eigenvalue weighted by atomic mass is 9.79. The van der Waals surface area contributed by atoms with E-state index in [1.54, 1.807) is 7.11 Å². The molecule has 2 aliphatic rings. The third-order valence-electron chi connectivity index (χ3n) is 7.24. The number of rotatable bonds is 7. The maximum absolute atomic E-state index is 13.1. The minimum atomic E-state index is -4.44. The van der Waals surface area contributed by atoms with Crippen molar-refractivity contribution in [3.63, 3.8) is 0 Å². The lowest BCUT2D eigenvalue weighted by molar-refractivity contribution is -0.142. The molecule has 198 valence electrons. The molecule has 2 heterocycles. The van der Waals surface area contributed by atoms with Crippen LogP contribution >= 0.6 is 12.4 Å². The predicted octanol–water partition coefficient (Wildman–Crippen LogP) is 4.80. The maximum atomic E-state index is 13.1. The van der Waals surface area contributed by atoms with Crippen LogP contribution in [0.15, 0.2) is 48.5 Å². The summed E-state index contributed by atoms with van der Waals surface area (Å²) in [5, 5.41) is 0. The highest BCUT2D eigenvalue weighted by atomic mass is 35.5. The van der Waals surface area contributed by atoms with Crippen LogP contribution < -0.4 is 15.2 Å². The molecule has 2 aromatic rings. The molecule has 4 rings (SSSR count). The fourth-order valence-corrected chi connectivity index (χ4v) is 5.15. The molecule has 0 aliphatic carbocycles. The van der Waals surface area contributed by atoms with Crippen LogP contribution in [0.4, 0.5) is 13.2 Å². The molecule has 36 heavy (non-hydrogen) atoms. The largest absolute Gasteiger partial charge is 0.497 e. The highest BCUT2D eigenvalue weighted by Crippen LogP contribution is 2.39. The molecule has 2 N–H and O–H groups in total. The van der Waals surface area contributed by atoms with Crippen LogP contribution in [0.25, 0.3) is 0 Å². The van der Waals surface area contributed by atoms with Gasteiger partial charge < -0.3 is 19.9 Å². The lowest BCUT2D eigenvalue weighted by Crippen LogP contribution is -2.61. The summed E-state index contributed by atoms with van der Waals surface area (Å²) in [5.74, 6) is 0.504. The van der Waals surface area contributed by atoms with Crippen LogP contribution in [0.2, 0.25) is 0 Å². The minimum Gasteiger partial charge on any atom is -0.497 e. The van der Waals surface area contributed by atoms with Gasteiger partial charge in [0.05, 0.1) is 18.8 Å². The second-order valence-electron chi connectivity index (χ2n) is 9.32. The number of hydrogen-bond donors (Lipinski definition) is 1. The van der Waals surface area contributed by atoms with Gasteiger partial charge in [0.1, 0.15) is 23.1 Å². The van der Waals surface area contributed by atoms with Crippen molar-refractivity contribution in [3.05, 3.63) is 59.7 Å². The van der Waals surface area contributed by atoms with E-state index in [4.69, 9.17) is 19.9 Å². The van der Waals surface area contributed by atoms with Crippen molar-refractivity contribution in [2.24, 2.45) is 5.73 Å². The lowest BCUT2D eigenvalue weighted by Gasteiger charge is -2.46. The highest BCUT2D eigenvalue weighted by Gasteiger charge is 2.50. The first kappa shape index (κ1) is 28.1. The van der Waals surface area contributed by atoms with Gasteiger partial charge in [-0.25, -0.2) is 0 Å². The number of nitrogens with two attached hydrogens (primary N) is 1. The van der Waals surface area contributed by atoms with E-state index in [1.807, 2.05) is 29.2 Å². The van der Waals surface area contributed by atoms with E-state index < -0.39 is 23.2 Å². The standard InChI is InChI=1S/C26H31F3N2O4.ClH/c1-17(18-5-3-7-20(13-18)33-2)23-15-25(24(30)32,10-12-34-23)31-11-9-22(16-31)35-21-8-4-6-19(14-21)26(27,28)29;/h3-8,13-14,17,22-23H,9-12,15-16H2,1-2H3,(H2,30,32);1H/t17-,22?,23?,25?;/m0./s1. The SMILES string of the molecule is COc1cccc([C@H](C)C2CC(C(N)=O)(N3CCC(Oc4cccc(C(F)(F)F)c4)C3)CCO2)c1.Cl. The first-order chi connectivity index (χ1) is 16.6. The minimum absolute atomic E-state index is 0. The number of amides is 1. The van der Waals surface area contributed by atoms with Crippen LogP contribution in [0, 0.1) is 0 Å². The Labute approximate surface area is 215 Å². The Balaban J connectivity index is 0.00000361. The van der Waals surface area contributed by atoms with Gasteiger partial charge in [0.25, 0.3) is 0 Å². The van der Waals surface area contributed by atoms with Crippen molar-refractivity contribution < 1.29 is 32.2 Å².